The molecule has 0 saturated heterocycles. The average Bonchev–Trinajstić information content (AvgIpc) is 3.58. The van der Waals surface area contributed by atoms with Crippen molar-refractivity contribution in [3.63, 3.8) is 0 Å². The number of hydrogen-bond donors (Lipinski definition) is 0. The molecule has 0 spiro atoms. The molecule has 0 atom stereocenters. The Balaban J connectivity index is 1.33. The van der Waals surface area contributed by atoms with Crippen LogP contribution in [0.3, 0.4) is 0 Å². The summed E-state index contributed by atoms with van der Waals surface area (Å²) in [5.74, 6) is 0. The maximum absolute atomic E-state index is 9.31. The summed E-state index contributed by atoms with van der Waals surface area (Å²) in [6, 6.07) is 46.9. The van der Waals surface area contributed by atoms with Gasteiger partial charge in [0, 0.05) is 30.9 Å². The van der Waals surface area contributed by atoms with Crippen LogP contribution in [0.25, 0.3) is 75.5 Å². The maximum atomic E-state index is 9.31. The Morgan fingerprint density at radius 2 is 1.05 bits per heavy atom. The first-order chi connectivity index (χ1) is 19.7. The first-order valence-electron chi connectivity index (χ1n) is 13.2. The van der Waals surface area contributed by atoms with Crippen LogP contribution in [-0.4, -0.2) is 0 Å². The Morgan fingerprint density at radius 1 is 0.450 bits per heavy atom. The average molecular weight is 528 g/mol. The van der Waals surface area contributed by atoms with Crippen molar-refractivity contribution >= 4 is 53.4 Å². The van der Waals surface area contributed by atoms with Crippen molar-refractivity contribution in [2.75, 3.05) is 0 Å². The molecule has 2 aromatic heterocycles. The van der Waals surface area contributed by atoms with E-state index in [1.165, 1.54) is 25.7 Å². The molecular weight excluding hydrogens is 506 g/mol. The summed E-state index contributed by atoms with van der Waals surface area (Å²) in [5, 5.41) is 14.2. The van der Waals surface area contributed by atoms with Crippen LogP contribution < -0.4 is 0 Å². The highest BCUT2D eigenvalue weighted by atomic mass is 32.1. The van der Waals surface area contributed by atoms with Gasteiger partial charge >= 0.3 is 0 Å². The fourth-order valence-electron chi connectivity index (χ4n) is 5.68. The van der Waals surface area contributed by atoms with Gasteiger partial charge in [-0.25, -0.2) is 0 Å². The molecule has 186 valence electrons. The second-order valence-electron chi connectivity index (χ2n) is 10.1. The van der Waals surface area contributed by atoms with E-state index in [4.69, 9.17) is 4.42 Å². The monoisotopic (exact) mass is 527 g/mol. The van der Waals surface area contributed by atoms with Crippen LogP contribution in [0.5, 0.6) is 0 Å². The molecule has 8 rings (SSSR count). The number of para-hydroxylation sites is 1. The van der Waals surface area contributed by atoms with Crippen LogP contribution in [0.1, 0.15) is 5.56 Å². The van der Waals surface area contributed by atoms with E-state index in [0.717, 1.165) is 49.8 Å². The van der Waals surface area contributed by atoms with Crippen molar-refractivity contribution in [2.45, 2.75) is 0 Å². The lowest BCUT2D eigenvalue weighted by Gasteiger charge is -2.12. The van der Waals surface area contributed by atoms with E-state index in [9.17, 15) is 5.26 Å². The summed E-state index contributed by atoms with van der Waals surface area (Å²) in [4.78, 5) is 0. The van der Waals surface area contributed by atoms with Gasteiger partial charge in [-0.15, -0.1) is 11.3 Å². The zero-order valence-corrected chi connectivity index (χ0v) is 22.2. The molecule has 2 nitrogen and oxygen atoms in total. The van der Waals surface area contributed by atoms with Crippen molar-refractivity contribution in [1.82, 2.24) is 0 Å². The number of nitrogens with zero attached hydrogens (tertiary/aromatic N) is 1. The lowest BCUT2D eigenvalue weighted by Crippen LogP contribution is -1.87. The molecule has 0 fully saturated rings. The molecule has 0 radical (unpaired) electrons. The summed E-state index contributed by atoms with van der Waals surface area (Å²) in [5.41, 5.74) is 9.28. The quantitative estimate of drug-likeness (QED) is 0.229. The normalized spacial score (nSPS) is 11.5. The van der Waals surface area contributed by atoms with Crippen molar-refractivity contribution in [1.29, 1.82) is 5.26 Å². The predicted octanol–water partition coefficient (Wildman–Crippen LogP) is 10.8. The number of thiophene rings is 1. The van der Waals surface area contributed by atoms with E-state index in [2.05, 4.69) is 97.1 Å². The molecule has 0 unspecified atom stereocenters. The highest BCUT2D eigenvalue weighted by Crippen LogP contribution is 2.39. The van der Waals surface area contributed by atoms with Gasteiger partial charge in [-0.3, -0.25) is 0 Å². The van der Waals surface area contributed by atoms with Gasteiger partial charge in [0.1, 0.15) is 11.2 Å². The van der Waals surface area contributed by atoms with Gasteiger partial charge < -0.3 is 4.42 Å². The lowest BCUT2D eigenvalue weighted by molar-refractivity contribution is 0.669. The van der Waals surface area contributed by atoms with Gasteiger partial charge in [0.2, 0.25) is 0 Å². The van der Waals surface area contributed by atoms with E-state index in [1.807, 2.05) is 47.7 Å². The van der Waals surface area contributed by atoms with Crippen LogP contribution in [0, 0.1) is 11.3 Å². The van der Waals surface area contributed by atoms with Crippen molar-refractivity contribution in [2.24, 2.45) is 0 Å². The van der Waals surface area contributed by atoms with Gasteiger partial charge in [-0.2, -0.15) is 5.26 Å². The number of nitriles is 1. The fraction of sp³-hybridized carbons (Fsp3) is 0. The van der Waals surface area contributed by atoms with Crippen LogP contribution in [0.2, 0.25) is 0 Å². The van der Waals surface area contributed by atoms with E-state index >= 15 is 0 Å². The topological polar surface area (TPSA) is 36.9 Å². The Kier molecular flexibility index (Phi) is 5.10. The SMILES string of the molecule is N#Cc1ccc(-c2cc(-c3ccc4c(c3)sc3ccccc34)cc(-c3ccc4oc5ccccc5c4c3)c2)cc1. The molecule has 0 aliphatic carbocycles. The third-order valence-electron chi connectivity index (χ3n) is 7.70. The minimum absolute atomic E-state index is 0.660. The first kappa shape index (κ1) is 22.8. The summed E-state index contributed by atoms with van der Waals surface area (Å²) >= 11 is 1.84. The second-order valence-corrected chi connectivity index (χ2v) is 11.2. The molecule has 0 bridgehead atoms. The Morgan fingerprint density at radius 3 is 1.85 bits per heavy atom. The highest BCUT2D eigenvalue weighted by molar-refractivity contribution is 7.25. The van der Waals surface area contributed by atoms with Crippen molar-refractivity contribution in [3.8, 4) is 39.4 Å². The Hall–Kier alpha value is -5.17. The minimum Gasteiger partial charge on any atom is -0.456 e. The lowest BCUT2D eigenvalue weighted by atomic mass is 9.92. The largest absolute Gasteiger partial charge is 0.456 e. The third-order valence-corrected chi connectivity index (χ3v) is 8.84. The Labute approximate surface area is 235 Å². The summed E-state index contributed by atoms with van der Waals surface area (Å²) in [7, 11) is 0. The molecule has 0 N–H and O–H groups in total. The molecular formula is C37H21NOS. The molecule has 0 aliphatic heterocycles. The van der Waals surface area contributed by atoms with Gasteiger partial charge in [0.25, 0.3) is 0 Å². The van der Waals surface area contributed by atoms with E-state index < -0.39 is 0 Å². The van der Waals surface area contributed by atoms with Crippen LogP contribution >= 0.6 is 11.3 Å². The predicted molar refractivity (Wildman–Crippen MR) is 168 cm³/mol. The Bertz CT molecular complexity index is 2280. The van der Waals surface area contributed by atoms with Gasteiger partial charge in [-0.05, 0) is 94.0 Å². The molecule has 3 heteroatoms. The van der Waals surface area contributed by atoms with Gasteiger partial charge in [-0.1, -0.05) is 66.7 Å². The molecule has 40 heavy (non-hydrogen) atoms. The zero-order chi connectivity index (χ0) is 26.6. The van der Waals surface area contributed by atoms with Crippen LogP contribution in [0.4, 0.5) is 0 Å². The molecule has 0 saturated carbocycles. The van der Waals surface area contributed by atoms with E-state index in [1.54, 1.807) is 0 Å². The number of hydrogen-bond acceptors (Lipinski definition) is 3. The van der Waals surface area contributed by atoms with Gasteiger partial charge in [0.15, 0.2) is 0 Å². The smallest absolute Gasteiger partial charge is 0.135 e. The fourth-order valence-corrected chi connectivity index (χ4v) is 6.82. The summed E-state index contributed by atoms with van der Waals surface area (Å²) < 4.78 is 8.69. The molecule has 0 aliphatic rings. The van der Waals surface area contributed by atoms with Crippen LogP contribution in [-0.2, 0) is 0 Å². The second kappa shape index (κ2) is 8.95. The molecule has 6 aromatic carbocycles. The number of rotatable bonds is 3. The first-order valence-corrected chi connectivity index (χ1v) is 14.0. The van der Waals surface area contributed by atoms with Crippen LogP contribution in [0.15, 0.2) is 132 Å². The summed E-state index contributed by atoms with van der Waals surface area (Å²) in [6.45, 7) is 0. The number of furan rings is 1. The minimum atomic E-state index is 0.660. The van der Waals surface area contributed by atoms with Gasteiger partial charge in [0.05, 0.1) is 11.6 Å². The molecule has 0 amide bonds. The number of benzene rings is 6. The molecule has 8 aromatic rings. The maximum Gasteiger partial charge on any atom is 0.135 e. The number of fused-ring (bicyclic) bond motifs is 6. The summed E-state index contributed by atoms with van der Waals surface area (Å²) in [6.07, 6.45) is 0. The van der Waals surface area contributed by atoms with Crippen molar-refractivity contribution < 1.29 is 4.42 Å². The third kappa shape index (κ3) is 3.70. The standard InChI is InChI=1S/C37H21NOS/c38-22-23-9-11-24(12-10-23)27-17-28(25-14-16-35-33(20-25)30-5-1-3-7-34(30)39-35)19-29(18-27)26-13-15-32-31-6-2-4-8-36(31)40-37(32)21-26/h1-21H. The van der Waals surface area contributed by atoms with E-state index in [-0.39, 0.29) is 0 Å². The zero-order valence-electron chi connectivity index (χ0n) is 21.4. The van der Waals surface area contributed by atoms with E-state index in [0.29, 0.717) is 5.56 Å². The molecule has 2 heterocycles. The van der Waals surface area contributed by atoms with Crippen molar-refractivity contribution in [3.05, 3.63) is 133 Å². The highest BCUT2D eigenvalue weighted by Gasteiger charge is 2.13.